The lowest BCUT2D eigenvalue weighted by Crippen LogP contribution is -2.49. The fourth-order valence-corrected chi connectivity index (χ4v) is 5.65. The molecule has 1 amide bonds. The molecule has 0 aliphatic carbocycles. The van der Waals surface area contributed by atoms with E-state index in [2.05, 4.69) is 16.0 Å². The molecule has 0 atom stereocenters. The molecule has 4 nitrogen and oxygen atoms in total. The van der Waals surface area contributed by atoms with Crippen LogP contribution < -0.4 is 0 Å². The molecule has 2 saturated heterocycles. The molecule has 168 valence electrons. The van der Waals surface area contributed by atoms with Crippen molar-refractivity contribution in [2.45, 2.75) is 38.1 Å². The molecule has 0 unspecified atom stereocenters. The number of benzene rings is 2. The number of fused-ring (bicyclic) bond motifs is 1. The average Bonchev–Trinajstić information content (AvgIpc) is 3.30. The van der Waals surface area contributed by atoms with Gasteiger partial charge in [0, 0.05) is 41.8 Å². The predicted octanol–water partition coefficient (Wildman–Crippen LogP) is 6.03. The van der Waals surface area contributed by atoms with Gasteiger partial charge in [0.2, 0.25) is 0 Å². The van der Waals surface area contributed by atoms with Crippen LogP contribution in [0.2, 0.25) is 10.0 Å². The Morgan fingerprint density at radius 1 is 0.906 bits per heavy atom. The first-order valence-corrected chi connectivity index (χ1v) is 12.4. The summed E-state index contributed by atoms with van der Waals surface area (Å²) < 4.78 is 0. The van der Waals surface area contributed by atoms with Crippen molar-refractivity contribution in [3.8, 4) is 0 Å². The molecule has 3 aromatic rings. The van der Waals surface area contributed by atoms with Gasteiger partial charge in [-0.3, -0.25) is 4.79 Å². The minimum atomic E-state index is 0.159. The van der Waals surface area contributed by atoms with Crippen LogP contribution in [0, 0.1) is 5.92 Å². The number of rotatable bonds is 4. The Hall–Kier alpha value is -2.01. The molecule has 1 N–H and O–H groups in total. The maximum Gasteiger partial charge on any atom is 0.253 e. The second kappa shape index (κ2) is 9.46. The van der Waals surface area contributed by atoms with E-state index in [-0.39, 0.29) is 5.91 Å². The van der Waals surface area contributed by atoms with Gasteiger partial charge in [0.25, 0.3) is 5.91 Å². The number of H-pyrrole nitrogens is 1. The van der Waals surface area contributed by atoms with Crippen molar-refractivity contribution in [3.05, 3.63) is 69.8 Å². The number of nitrogens with one attached hydrogen (secondary N) is 1. The van der Waals surface area contributed by atoms with Crippen LogP contribution >= 0.6 is 23.2 Å². The Balaban J connectivity index is 1.11. The summed E-state index contributed by atoms with van der Waals surface area (Å²) in [5.41, 5.74) is 3.14. The first-order valence-electron chi connectivity index (χ1n) is 11.6. The third kappa shape index (κ3) is 4.68. The summed E-state index contributed by atoms with van der Waals surface area (Å²) in [6, 6.07) is 14.6. The van der Waals surface area contributed by atoms with E-state index in [0.717, 1.165) is 61.9 Å². The maximum atomic E-state index is 13.0. The van der Waals surface area contributed by atoms with Crippen molar-refractivity contribution in [3.63, 3.8) is 0 Å². The Morgan fingerprint density at radius 3 is 2.44 bits per heavy atom. The minimum Gasteiger partial charge on any atom is -0.361 e. The number of carbonyl (C=O) groups excluding carboxylic acids is 1. The molecule has 0 saturated carbocycles. The van der Waals surface area contributed by atoms with E-state index in [4.69, 9.17) is 23.2 Å². The number of hydrogen-bond acceptors (Lipinski definition) is 2. The first-order chi connectivity index (χ1) is 15.6. The molecular weight excluding hydrogens is 441 g/mol. The van der Waals surface area contributed by atoms with Gasteiger partial charge in [-0.25, -0.2) is 0 Å². The largest absolute Gasteiger partial charge is 0.361 e. The number of piperidine rings is 2. The number of carbonyl (C=O) groups is 1. The van der Waals surface area contributed by atoms with Crippen LogP contribution in [0.25, 0.3) is 10.9 Å². The summed E-state index contributed by atoms with van der Waals surface area (Å²) in [5.74, 6) is 0.861. The zero-order valence-electron chi connectivity index (χ0n) is 18.2. The second-order valence-electron chi connectivity index (χ2n) is 9.24. The van der Waals surface area contributed by atoms with Crippen molar-refractivity contribution >= 4 is 40.0 Å². The third-order valence-electron chi connectivity index (χ3n) is 7.23. The highest BCUT2D eigenvalue weighted by Crippen LogP contribution is 2.29. The predicted molar refractivity (Wildman–Crippen MR) is 132 cm³/mol. The van der Waals surface area contributed by atoms with E-state index in [9.17, 15) is 4.79 Å². The van der Waals surface area contributed by atoms with Crippen LogP contribution in [0.3, 0.4) is 0 Å². The zero-order chi connectivity index (χ0) is 22.1. The molecule has 0 radical (unpaired) electrons. The van der Waals surface area contributed by atoms with Crippen LogP contribution in [-0.2, 0) is 6.42 Å². The minimum absolute atomic E-state index is 0.159. The molecule has 5 rings (SSSR count). The van der Waals surface area contributed by atoms with E-state index < -0.39 is 0 Å². The van der Waals surface area contributed by atoms with E-state index in [1.54, 1.807) is 0 Å². The molecular formula is C26H29Cl2N3O. The number of likely N-dealkylation sites (tertiary alicyclic amines) is 2. The van der Waals surface area contributed by atoms with Crippen LogP contribution in [0.1, 0.15) is 41.6 Å². The Bertz CT molecular complexity index is 1100. The normalized spacial score (nSPS) is 19.0. The van der Waals surface area contributed by atoms with Crippen molar-refractivity contribution in [2.24, 2.45) is 5.92 Å². The van der Waals surface area contributed by atoms with Crippen molar-refractivity contribution in [1.29, 1.82) is 0 Å². The van der Waals surface area contributed by atoms with E-state index in [1.807, 2.05) is 47.5 Å². The van der Waals surface area contributed by atoms with Gasteiger partial charge in [-0.1, -0.05) is 29.3 Å². The molecule has 2 aliphatic rings. The van der Waals surface area contributed by atoms with Gasteiger partial charge in [-0.2, -0.15) is 0 Å². The molecule has 0 bridgehead atoms. The zero-order valence-corrected chi connectivity index (χ0v) is 19.7. The third-order valence-corrected chi connectivity index (χ3v) is 7.96. The van der Waals surface area contributed by atoms with Gasteiger partial charge < -0.3 is 14.8 Å². The SMILES string of the molecule is O=C(c1ccc2[nH]ccc2c1)N1CCC(N2CCC(Cc3ccc(Cl)c(Cl)c3)CC2)CC1. The van der Waals surface area contributed by atoms with Crippen LogP contribution in [0.5, 0.6) is 0 Å². The molecule has 2 fully saturated rings. The van der Waals surface area contributed by atoms with Gasteiger partial charge in [-0.15, -0.1) is 0 Å². The smallest absolute Gasteiger partial charge is 0.253 e. The highest BCUT2D eigenvalue weighted by molar-refractivity contribution is 6.42. The molecule has 6 heteroatoms. The number of amides is 1. The van der Waals surface area contributed by atoms with E-state index >= 15 is 0 Å². The molecule has 3 heterocycles. The maximum absolute atomic E-state index is 13.0. The van der Waals surface area contributed by atoms with E-state index in [1.165, 1.54) is 18.4 Å². The highest BCUT2D eigenvalue weighted by atomic mass is 35.5. The van der Waals surface area contributed by atoms with Crippen molar-refractivity contribution in [1.82, 2.24) is 14.8 Å². The lowest BCUT2D eigenvalue weighted by Gasteiger charge is -2.42. The molecule has 2 aliphatic heterocycles. The topological polar surface area (TPSA) is 39.3 Å². The monoisotopic (exact) mass is 469 g/mol. The van der Waals surface area contributed by atoms with Gasteiger partial charge >= 0.3 is 0 Å². The van der Waals surface area contributed by atoms with Crippen LogP contribution in [0.15, 0.2) is 48.7 Å². The quantitative estimate of drug-likeness (QED) is 0.506. The standard InChI is InChI=1S/C26H29Cl2N3O/c27-23-3-1-19(16-24(23)28)15-18-6-11-30(12-7-18)22-8-13-31(14-9-22)26(32)21-2-4-25-20(17-21)5-10-29-25/h1-5,10,16-18,22,29H,6-9,11-15H2. The Morgan fingerprint density at radius 2 is 1.69 bits per heavy atom. The van der Waals surface area contributed by atoms with Crippen LogP contribution in [-0.4, -0.2) is 52.9 Å². The van der Waals surface area contributed by atoms with Gasteiger partial charge in [0.1, 0.15) is 0 Å². The first kappa shape index (κ1) is 21.8. The fourth-order valence-electron chi connectivity index (χ4n) is 5.33. The summed E-state index contributed by atoms with van der Waals surface area (Å²) in [6.07, 6.45) is 7.55. The Kier molecular flexibility index (Phi) is 6.45. The van der Waals surface area contributed by atoms with Gasteiger partial charge in [-0.05, 0) is 93.1 Å². The van der Waals surface area contributed by atoms with Crippen molar-refractivity contribution < 1.29 is 4.79 Å². The molecule has 0 spiro atoms. The summed E-state index contributed by atoms with van der Waals surface area (Å²) >= 11 is 12.2. The number of aromatic amines is 1. The summed E-state index contributed by atoms with van der Waals surface area (Å²) in [7, 11) is 0. The Labute approximate surface area is 199 Å². The lowest BCUT2D eigenvalue weighted by molar-refractivity contribution is 0.0552. The van der Waals surface area contributed by atoms with Gasteiger partial charge in [0.15, 0.2) is 0 Å². The number of aromatic nitrogens is 1. The summed E-state index contributed by atoms with van der Waals surface area (Å²) in [5, 5.41) is 2.37. The number of nitrogens with zero attached hydrogens (tertiary/aromatic N) is 2. The molecule has 32 heavy (non-hydrogen) atoms. The van der Waals surface area contributed by atoms with Gasteiger partial charge in [0.05, 0.1) is 10.0 Å². The highest BCUT2D eigenvalue weighted by Gasteiger charge is 2.30. The van der Waals surface area contributed by atoms with Crippen LogP contribution in [0.4, 0.5) is 0 Å². The second-order valence-corrected chi connectivity index (χ2v) is 10.0. The number of hydrogen-bond donors (Lipinski definition) is 1. The van der Waals surface area contributed by atoms with Crippen molar-refractivity contribution in [2.75, 3.05) is 26.2 Å². The molecule has 1 aromatic heterocycles. The summed E-state index contributed by atoms with van der Waals surface area (Å²) in [6.45, 7) is 3.99. The summed E-state index contributed by atoms with van der Waals surface area (Å²) in [4.78, 5) is 20.9. The molecule has 2 aromatic carbocycles. The number of halogens is 2. The van der Waals surface area contributed by atoms with E-state index in [0.29, 0.717) is 22.0 Å². The lowest BCUT2D eigenvalue weighted by atomic mass is 9.88. The fraction of sp³-hybridized carbons (Fsp3) is 0.423. The average molecular weight is 470 g/mol.